The lowest BCUT2D eigenvalue weighted by Crippen LogP contribution is -2.12. The van der Waals surface area contributed by atoms with Gasteiger partial charge in [0.2, 0.25) is 5.91 Å². The number of thiazole rings is 1. The molecule has 0 radical (unpaired) electrons. The molecule has 0 aliphatic carbocycles. The lowest BCUT2D eigenvalue weighted by atomic mass is 10.1. The minimum atomic E-state index is 0.0377. The van der Waals surface area contributed by atoms with Gasteiger partial charge in [-0.05, 0) is 31.2 Å². The molecule has 1 heterocycles. The zero-order chi connectivity index (χ0) is 16.8. The molecule has 0 spiro atoms. The first-order valence-corrected chi connectivity index (χ1v) is 9.57. The molecule has 0 bridgehead atoms. The van der Waals surface area contributed by atoms with Gasteiger partial charge in [0, 0.05) is 33.7 Å². The van der Waals surface area contributed by atoms with Crippen LogP contribution in [0.3, 0.4) is 0 Å². The standard InChI is InChI=1S/C19H18N2OS2/c1-14-20-18(13-24-14)15-7-9-16(10-8-15)21-19(22)11-12-23-17-5-3-2-4-6-17/h2-10,13H,11-12H2,1H3,(H,21,22). The second-order valence-electron chi connectivity index (χ2n) is 5.29. The molecule has 0 saturated heterocycles. The highest BCUT2D eigenvalue weighted by Crippen LogP contribution is 2.23. The van der Waals surface area contributed by atoms with Crippen molar-refractivity contribution in [3.05, 3.63) is 65.0 Å². The smallest absolute Gasteiger partial charge is 0.225 e. The lowest BCUT2D eigenvalue weighted by Gasteiger charge is -2.06. The minimum Gasteiger partial charge on any atom is -0.326 e. The maximum absolute atomic E-state index is 12.0. The number of nitrogens with one attached hydrogen (secondary N) is 1. The number of hydrogen-bond acceptors (Lipinski definition) is 4. The van der Waals surface area contributed by atoms with Crippen LogP contribution < -0.4 is 5.32 Å². The predicted molar refractivity (Wildman–Crippen MR) is 103 cm³/mol. The SMILES string of the molecule is Cc1nc(-c2ccc(NC(=O)CCSc3ccccc3)cc2)cs1. The van der Waals surface area contributed by atoms with Crippen molar-refractivity contribution in [2.24, 2.45) is 0 Å². The Morgan fingerprint density at radius 3 is 2.54 bits per heavy atom. The average molecular weight is 354 g/mol. The van der Waals surface area contributed by atoms with Gasteiger partial charge < -0.3 is 5.32 Å². The van der Waals surface area contributed by atoms with E-state index < -0.39 is 0 Å². The molecule has 2 aromatic carbocycles. The predicted octanol–water partition coefficient (Wildman–Crippen LogP) is 5.24. The fraction of sp³-hybridized carbons (Fsp3) is 0.158. The number of aromatic nitrogens is 1. The Kier molecular flexibility index (Phi) is 5.67. The molecular weight excluding hydrogens is 336 g/mol. The van der Waals surface area contributed by atoms with E-state index in [4.69, 9.17) is 0 Å². The Balaban J connectivity index is 1.49. The summed E-state index contributed by atoms with van der Waals surface area (Å²) >= 11 is 3.33. The van der Waals surface area contributed by atoms with E-state index in [2.05, 4.69) is 22.4 Å². The number of carbonyl (C=O) groups excluding carboxylic acids is 1. The summed E-state index contributed by atoms with van der Waals surface area (Å²) in [6.45, 7) is 2.00. The Hall–Kier alpha value is -2.11. The fourth-order valence-corrected chi connectivity index (χ4v) is 3.72. The summed E-state index contributed by atoms with van der Waals surface area (Å²) in [4.78, 5) is 17.7. The van der Waals surface area contributed by atoms with Gasteiger partial charge in [0.05, 0.1) is 10.7 Å². The van der Waals surface area contributed by atoms with Gasteiger partial charge in [-0.3, -0.25) is 4.79 Å². The van der Waals surface area contributed by atoms with Gasteiger partial charge >= 0.3 is 0 Å². The molecule has 0 atom stereocenters. The molecule has 1 amide bonds. The third kappa shape index (κ3) is 4.69. The van der Waals surface area contributed by atoms with Gasteiger partial charge in [0.25, 0.3) is 0 Å². The molecule has 0 fully saturated rings. The maximum atomic E-state index is 12.0. The van der Waals surface area contributed by atoms with Crippen molar-refractivity contribution in [2.45, 2.75) is 18.2 Å². The Bertz CT molecular complexity index is 798. The average Bonchev–Trinajstić information content (AvgIpc) is 3.03. The quantitative estimate of drug-likeness (QED) is 0.616. The number of aryl methyl sites for hydroxylation is 1. The molecule has 0 aliphatic rings. The van der Waals surface area contributed by atoms with Crippen LogP contribution in [-0.2, 0) is 4.79 Å². The summed E-state index contributed by atoms with van der Waals surface area (Å²) < 4.78 is 0. The molecule has 5 heteroatoms. The third-order valence-electron chi connectivity index (χ3n) is 3.42. The third-order valence-corrected chi connectivity index (χ3v) is 5.21. The zero-order valence-corrected chi connectivity index (χ0v) is 15.0. The monoisotopic (exact) mass is 354 g/mol. The van der Waals surface area contributed by atoms with Crippen molar-refractivity contribution in [2.75, 3.05) is 11.1 Å². The summed E-state index contributed by atoms with van der Waals surface area (Å²) in [5.74, 6) is 0.808. The van der Waals surface area contributed by atoms with Gasteiger partial charge in [-0.15, -0.1) is 23.1 Å². The molecule has 122 valence electrons. The normalized spacial score (nSPS) is 10.5. The second-order valence-corrected chi connectivity index (χ2v) is 7.52. The van der Waals surface area contributed by atoms with Crippen LogP contribution in [0, 0.1) is 6.92 Å². The van der Waals surface area contributed by atoms with Crippen molar-refractivity contribution in [3.8, 4) is 11.3 Å². The molecule has 0 saturated carbocycles. The zero-order valence-electron chi connectivity index (χ0n) is 13.4. The van der Waals surface area contributed by atoms with E-state index in [1.54, 1.807) is 23.1 Å². The van der Waals surface area contributed by atoms with Gasteiger partial charge in [-0.1, -0.05) is 30.3 Å². The van der Waals surface area contributed by atoms with Crippen LogP contribution in [0.15, 0.2) is 64.9 Å². The first kappa shape index (κ1) is 16.7. The van der Waals surface area contributed by atoms with Crippen LogP contribution in [-0.4, -0.2) is 16.6 Å². The van der Waals surface area contributed by atoms with Crippen molar-refractivity contribution in [1.29, 1.82) is 0 Å². The Morgan fingerprint density at radius 2 is 1.88 bits per heavy atom. The molecular formula is C19H18N2OS2. The molecule has 24 heavy (non-hydrogen) atoms. The van der Waals surface area contributed by atoms with Crippen molar-refractivity contribution >= 4 is 34.7 Å². The highest BCUT2D eigenvalue weighted by atomic mass is 32.2. The van der Waals surface area contributed by atoms with Crippen LogP contribution in [0.1, 0.15) is 11.4 Å². The molecule has 1 N–H and O–H groups in total. The van der Waals surface area contributed by atoms with E-state index in [1.165, 1.54) is 4.90 Å². The summed E-state index contributed by atoms with van der Waals surface area (Å²) in [5, 5.41) is 6.04. The molecule has 3 aromatic rings. The van der Waals surface area contributed by atoms with E-state index >= 15 is 0 Å². The number of hydrogen-bond donors (Lipinski definition) is 1. The van der Waals surface area contributed by atoms with Crippen molar-refractivity contribution in [1.82, 2.24) is 4.98 Å². The van der Waals surface area contributed by atoms with Crippen LogP contribution in [0.5, 0.6) is 0 Å². The van der Waals surface area contributed by atoms with E-state index in [1.807, 2.05) is 54.8 Å². The summed E-state index contributed by atoms with van der Waals surface area (Å²) in [7, 11) is 0. The van der Waals surface area contributed by atoms with Crippen LogP contribution >= 0.6 is 23.1 Å². The Labute approximate surface area is 150 Å². The van der Waals surface area contributed by atoms with Crippen molar-refractivity contribution < 1.29 is 4.79 Å². The largest absolute Gasteiger partial charge is 0.326 e. The lowest BCUT2D eigenvalue weighted by molar-refractivity contribution is -0.115. The number of amides is 1. The molecule has 0 aliphatic heterocycles. The first-order chi connectivity index (χ1) is 11.7. The van der Waals surface area contributed by atoms with Gasteiger partial charge in [-0.25, -0.2) is 4.98 Å². The highest BCUT2D eigenvalue weighted by Gasteiger charge is 2.05. The van der Waals surface area contributed by atoms with E-state index in [9.17, 15) is 4.79 Å². The van der Waals surface area contributed by atoms with Gasteiger partial charge in [-0.2, -0.15) is 0 Å². The van der Waals surface area contributed by atoms with Gasteiger partial charge in [0.1, 0.15) is 0 Å². The molecule has 3 nitrogen and oxygen atoms in total. The number of anilines is 1. The second kappa shape index (κ2) is 8.13. The topological polar surface area (TPSA) is 42.0 Å². The number of thioether (sulfide) groups is 1. The van der Waals surface area contributed by atoms with Crippen LogP contribution in [0.2, 0.25) is 0 Å². The maximum Gasteiger partial charge on any atom is 0.225 e. The van der Waals surface area contributed by atoms with Crippen LogP contribution in [0.25, 0.3) is 11.3 Å². The van der Waals surface area contributed by atoms with E-state index in [0.717, 1.165) is 27.7 Å². The fourth-order valence-electron chi connectivity index (χ4n) is 2.22. The molecule has 3 rings (SSSR count). The van der Waals surface area contributed by atoms with Crippen LogP contribution in [0.4, 0.5) is 5.69 Å². The summed E-state index contributed by atoms with van der Waals surface area (Å²) in [5.41, 5.74) is 2.87. The summed E-state index contributed by atoms with van der Waals surface area (Å²) in [6.07, 6.45) is 0.493. The number of carbonyl (C=O) groups is 1. The number of benzene rings is 2. The first-order valence-electron chi connectivity index (χ1n) is 7.71. The number of rotatable bonds is 6. The van der Waals surface area contributed by atoms with E-state index in [-0.39, 0.29) is 5.91 Å². The van der Waals surface area contributed by atoms with E-state index in [0.29, 0.717) is 6.42 Å². The highest BCUT2D eigenvalue weighted by molar-refractivity contribution is 7.99. The van der Waals surface area contributed by atoms with Crippen molar-refractivity contribution in [3.63, 3.8) is 0 Å². The number of nitrogens with zero attached hydrogens (tertiary/aromatic N) is 1. The molecule has 0 unspecified atom stereocenters. The Morgan fingerprint density at radius 1 is 1.12 bits per heavy atom. The summed E-state index contributed by atoms with van der Waals surface area (Å²) in [6, 6.07) is 17.9. The molecule has 1 aromatic heterocycles. The minimum absolute atomic E-state index is 0.0377. The van der Waals surface area contributed by atoms with Gasteiger partial charge in [0.15, 0.2) is 0 Å².